The molecule has 0 aliphatic carbocycles. The number of hydrogen-bond acceptors (Lipinski definition) is 3. The van der Waals surface area contributed by atoms with Crippen LogP contribution in [0, 0.1) is 0 Å². The molecule has 1 atom stereocenters. The molecule has 0 aliphatic rings. The topological polar surface area (TPSA) is 63.2 Å². The molecule has 64 valence electrons. The first-order valence-corrected chi connectivity index (χ1v) is 4.73. The van der Waals surface area contributed by atoms with Gasteiger partial charge in [-0.15, -0.1) is 0 Å². The zero-order valence-corrected chi connectivity index (χ0v) is 10.1. The van der Waals surface area contributed by atoms with Gasteiger partial charge in [-0.25, -0.2) is 19.4 Å². The van der Waals surface area contributed by atoms with Gasteiger partial charge in [0, 0.05) is 0 Å². The maximum Gasteiger partial charge on any atom is 2.00 e. The first kappa shape index (κ1) is 13.8. The Balaban J connectivity index is 0. The summed E-state index contributed by atoms with van der Waals surface area (Å²) in [5.74, 6) is 0. The molecule has 1 unspecified atom stereocenters. The van der Waals surface area contributed by atoms with E-state index in [1.165, 1.54) is 0 Å². The maximum absolute atomic E-state index is 10.5. The smallest absolute Gasteiger partial charge is 0.540 e. The molecule has 0 aromatic heterocycles. The Bertz CT molecular complexity index is 202. The monoisotopic (exact) mass is 348 g/mol. The summed E-state index contributed by atoms with van der Waals surface area (Å²) >= 11 is 0. The van der Waals surface area contributed by atoms with Gasteiger partial charge in [-0.05, 0) is 0 Å². The van der Waals surface area contributed by atoms with Gasteiger partial charge in [-0.3, -0.25) is 0 Å². The molecule has 0 aromatic carbocycles. The van der Waals surface area contributed by atoms with Crippen molar-refractivity contribution in [1.82, 2.24) is 4.72 Å². The molecular formula is C5H10NO3SW+. The van der Waals surface area contributed by atoms with E-state index >= 15 is 0 Å². The van der Waals surface area contributed by atoms with E-state index in [0.29, 0.717) is 6.42 Å². The van der Waals surface area contributed by atoms with Crippen molar-refractivity contribution in [2.24, 2.45) is 0 Å². The summed E-state index contributed by atoms with van der Waals surface area (Å²) in [5, 5.41) is 0. The van der Waals surface area contributed by atoms with Crippen LogP contribution in [0.1, 0.15) is 13.3 Å². The van der Waals surface area contributed by atoms with Gasteiger partial charge in [0.15, 0.2) is 0 Å². The third-order valence-corrected chi connectivity index (χ3v) is 1.62. The minimum Gasteiger partial charge on any atom is -0.540 e. The van der Waals surface area contributed by atoms with Crippen molar-refractivity contribution in [3.63, 3.8) is 0 Å². The van der Waals surface area contributed by atoms with Crippen LogP contribution < -0.4 is 4.72 Å². The molecule has 0 spiro atoms. The molecule has 6 heteroatoms. The van der Waals surface area contributed by atoms with Gasteiger partial charge in [-0.1, -0.05) is 19.4 Å². The molecule has 0 rings (SSSR count). The van der Waals surface area contributed by atoms with Crippen LogP contribution in [0.3, 0.4) is 0 Å². The SMILES string of the molecule is CCC([C-]=O)NS(C)(=O)=O.[W+2]. The molecule has 0 saturated heterocycles. The predicted molar refractivity (Wildman–Crippen MR) is 37.8 cm³/mol. The minimum absolute atomic E-state index is 0. The summed E-state index contributed by atoms with van der Waals surface area (Å²) in [5.41, 5.74) is 0. The van der Waals surface area contributed by atoms with E-state index in [9.17, 15) is 13.2 Å². The Hall–Kier alpha value is 0.268. The number of rotatable bonds is 4. The standard InChI is InChI=1S/C5H10NO3S.W/c1-3-5(4-7)6-10(2,8)9;/h5-6H,3H2,1-2H3;/q-1;+2. The molecule has 4 nitrogen and oxygen atoms in total. The Kier molecular flexibility index (Phi) is 7.37. The van der Waals surface area contributed by atoms with Crippen LogP contribution >= 0.6 is 0 Å². The van der Waals surface area contributed by atoms with Crippen molar-refractivity contribution in [2.75, 3.05) is 6.26 Å². The summed E-state index contributed by atoms with van der Waals surface area (Å²) in [4.78, 5) is 9.96. The Morgan fingerprint density at radius 3 is 2.09 bits per heavy atom. The van der Waals surface area contributed by atoms with Crippen molar-refractivity contribution in [1.29, 1.82) is 0 Å². The second kappa shape index (κ2) is 5.86. The van der Waals surface area contributed by atoms with Crippen LogP contribution in [0.4, 0.5) is 0 Å². The fraction of sp³-hybridized carbons (Fsp3) is 0.800. The van der Waals surface area contributed by atoms with Crippen LogP contribution in [0.2, 0.25) is 0 Å². The first-order valence-electron chi connectivity index (χ1n) is 2.84. The molecular weight excluding hydrogens is 338 g/mol. The third kappa shape index (κ3) is 8.17. The summed E-state index contributed by atoms with van der Waals surface area (Å²) in [7, 11) is -3.26. The van der Waals surface area contributed by atoms with Crippen LogP contribution in [-0.2, 0) is 35.9 Å². The molecule has 0 bridgehead atoms. The van der Waals surface area contributed by atoms with Crippen molar-refractivity contribution < 1.29 is 34.3 Å². The van der Waals surface area contributed by atoms with Gasteiger partial charge in [0.2, 0.25) is 10.0 Å². The fourth-order valence-corrected chi connectivity index (χ4v) is 1.18. The zero-order chi connectivity index (χ0) is 8.20. The molecule has 11 heavy (non-hydrogen) atoms. The summed E-state index contributed by atoms with van der Waals surface area (Å²) < 4.78 is 23.0. The van der Waals surface area contributed by atoms with Crippen molar-refractivity contribution in [2.45, 2.75) is 19.4 Å². The van der Waals surface area contributed by atoms with Crippen molar-refractivity contribution >= 4 is 16.3 Å². The zero-order valence-electron chi connectivity index (χ0n) is 6.33. The fourth-order valence-electron chi connectivity index (χ4n) is 0.449. The van der Waals surface area contributed by atoms with Gasteiger partial charge >= 0.3 is 21.1 Å². The average Bonchev–Trinajstić information content (AvgIpc) is 1.81. The summed E-state index contributed by atoms with van der Waals surface area (Å²) in [6, 6.07) is -0.699. The van der Waals surface area contributed by atoms with E-state index in [1.807, 2.05) is 0 Å². The van der Waals surface area contributed by atoms with Crippen molar-refractivity contribution in [3.05, 3.63) is 0 Å². The van der Waals surface area contributed by atoms with Crippen LogP contribution in [0.15, 0.2) is 0 Å². The minimum atomic E-state index is -3.26. The van der Waals surface area contributed by atoms with E-state index < -0.39 is 16.1 Å². The number of carbonyl (C=O) groups excluding carboxylic acids is 1. The molecule has 0 fully saturated rings. The van der Waals surface area contributed by atoms with Gasteiger partial charge in [0.25, 0.3) is 0 Å². The molecule has 1 N–H and O–H groups in total. The number of nitrogens with one attached hydrogen (secondary N) is 1. The first-order chi connectivity index (χ1) is 4.49. The van der Waals surface area contributed by atoms with Gasteiger partial charge in [0.05, 0.1) is 6.26 Å². The molecule has 0 aromatic rings. The molecule has 0 radical (unpaired) electrons. The van der Waals surface area contributed by atoms with E-state index in [4.69, 9.17) is 0 Å². The summed E-state index contributed by atoms with van der Waals surface area (Å²) in [6.45, 7) is 1.70. The normalized spacial score (nSPS) is 13.3. The molecule has 0 heterocycles. The number of hydrogen-bond donors (Lipinski definition) is 1. The summed E-state index contributed by atoms with van der Waals surface area (Å²) in [6.07, 6.45) is 3.00. The maximum atomic E-state index is 10.5. The van der Waals surface area contributed by atoms with Gasteiger partial charge in [0.1, 0.15) is 0 Å². The van der Waals surface area contributed by atoms with Crippen LogP contribution in [-0.4, -0.2) is 27.0 Å². The van der Waals surface area contributed by atoms with Gasteiger partial charge < -0.3 is 4.79 Å². The van der Waals surface area contributed by atoms with Crippen LogP contribution in [0.25, 0.3) is 0 Å². The van der Waals surface area contributed by atoms with E-state index in [-0.39, 0.29) is 21.1 Å². The Morgan fingerprint density at radius 1 is 1.55 bits per heavy atom. The van der Waals surface area contributed by atoms with Crippen LogP contribution in [0.5, 0.6) is 0 Å². The molecule has 0 amide bonds. The third-order valence-electron chi connectivity index (χ3n) is 0.907. The Morgan fingerprint density at radius 2 is 2.00 bits per heavy atom. The quantitative estimate of drug-likeness (QED) is 0.692. The molecule has 0 aliphatic heterocycles. The van der Waals surface area contributed by atoms with E-state index in [0.717, 1.165) is 6.26 Å². The molecule has 0 saturated carbocycles. The average molecular weight is 348 g/mol. The predicted octanol–water partition coefficient (Wildman–Crippen LogP) is -0.579. The van der Waals surface area contributed by atoms with E-state index in [1.54, 1.807) is 13.2 Å². The number of sulfonamides is 1. The van der Waals surface area contributed by atoms with E-state index in [2.05, 4.69) is 4.72 Å². The van der Waals surface area contributed by atoms with Gasteiger partial charge in [-0.2, -0.15) is 0 Å². The second-order valence-electron chi connectivity index (χ2n) is 1.97. The second-order valence-corrected chi connectivity index (χ2v) is 3.75. The van der Waals surface area contributed by atoms with Crippen molar-refractivity contribution in [3.8, 4) is 0 Å². The Labute approximate surface area is 81.1 Å². The largest absolute Gasteiger partial charge is 2.00 e.